The van der Waals surface area contributed by atoms with Crippen molar-refractivity contribution in [2.45, 2.75) is 37.1 Å². The Hall–Kier alpha value is -2.98. The Morgan fingerprint density at radius 2 is 1.97 bits per heavy atom. The van der Waals surface area contributed by atoms with Crippen LogP contribution in [-0.2, 0) is 26.2 Å². The van der Waals surface area contributed by atoms with E-state index in [1.54, 1.807) is 29.3 Å². The fraction of sp³-hybridized carbons (Fsp3) is 0.435. The zero-order valence-electron chi connectivity index (χ0n) is 18.6. The molecule has 176 valence electrons. The van der Waals surface area contributed by atoms with E-state index in [-0.39, 0.29) is 35.4 Å². The van der Waals surface area contributed by atoms with Gasteiger partial charge < -0.3 is 15.0 Å². The van der Waals surface area contributed by atoms with Gasteiger partial charge in [-0.05, 0) is 43.2 Å². The van der Waals surface area contributed by atoms with Crippen LogP contribution < -0.4 is 10.1 Å². The number of pyridine rings is 1. The number of aromatic nitrogens is 1. The highest BCUT2D eigenvalue weighted by molar-refractivity contribution is 7.89. The molecule has 0 spiro atoms. The van der Waals surface area contributed by atoms with E-state index in [0.717, 1.165) is 25.0 Å². The van der Waals surface area contributed by atoms with E-state index in [2.05, 4.69) is 10.3 Å². The Morgan fingerprint density at radius 1 is 1.18 bits per heavy atom. The number of ether oxygens (including phenoxy) is 1. The highest BCUT2D eigenvalue weighted by Gasteiger charge is 2.35. The number of anilines is 1. The number of carbonyl (C=O) groups is 2. The first-order valence-corrected chi connectivity index (χ1v) is 12.5. The smallest absolute Gasteiger partial charge is 0.246 e. The lowest BCUT2D eigenvalue weighted by Gasteiger charge is -2.26. The second kappa shape index (κ2) is 9.88. The number of hydrogen-bond acceptors (Lipinski definition) is 6. The van der Waals surface area contributed by atoms with E-state index in [1.807, 2.05) is 12.1 Å². The fourth-order valence-electron chi connectivity index (χ4n) is 4.23. The molecule has 2 amide bonds. The first-order valence-electron chi connectivity index (χ1n) is 11.0. The maximum Gasteiger partial charge on any atom is 0.246 e. The molecule has 2 aliphatic heterocycles. The van der Waals surface area contributed by atoms with Crippen LogP contribution in [0.3, 0.4) is 0 Å². The SMILES string of the molecule is COc1ccc(NC(=O)[C@H]2CC(=O)N(Cc3ccccn3)C2)cc1S(=O)(=O)N1CCCCC1. The summed E-state index contributed by atoms with van der Waals surface area (Å²) in [6.07, 6.45) is 4.43. The monoisotopic (exact) mass is 472 g/mol. The Bertz CT molecular complexity index is 1120. The van der Waals surface area contributed by atoms with Gasteiger partial charge in [-0.25, -0.2) is 8.42 Å². The molecule has 3 heterocycles. The Balaban J connectivity index is 1.47. The molecule has 1 aromatic carbocycles. The molecule has 1 atom stereocenters. The maximum atomic E-state index is 13.2. The average Bonchev–Trinajstić information content (AvgIpc) is 3.20. The van der Waals surface area contributed by atoms with Gasteiger partial charge in [0.2, 0.25) is 21.8 Å². The molecule has 2 aromatic rings. The van der Waals surface area contributed by atoms with Crippen molar-refractivity contribution in [2.24, 2.45) is 5.92 Å². The van der Waals surface area contributed by atoms with Gasteiger partial charge in [-0.15, -0.1) is 0 Å². The van der Waals surface area contributed by atoms with Crippen molar-refractivity contribution in [1.82, 2.24) is 14.2 Å². The third-order valence-electron chi connectivity index (χ3n) is 6.03. The highest BCUT2D eigenvalue weighted by Crippen LogP contribution is 2.31. The molecule has 9 nitrogen and oxygen atoms in total. The summed E-state index contributed by atoms with van der Waals surface area (Å²) >= 11 is 0. The van der Waals surface area contributed by atoms with Crippen molar-refractivity contribution in [2.75, 3.05) is 32.1 Å². The van der Waals surface area contributed by atoms with Crippen LogP contribution in [0.2, 0.25) is 0 Å². The number of amides is 2. The highest BCUT2D eigenvalue weighted by atomic mass is 32.2. The summed E-state index contributed by atoms with van der Waals surface area (Å²) in [6.45, 7) is 1.58. The van der Waals surface area contributed by atoms with Crippen LogP contribution >= 0.6 is 0 Å². The number of likely N-dealkylation sites (tertiary alicyclic amines) is 1. The first kappa shape index (κ1) is 23.2. The first-order chi connectivity index (χ1) is 15.9. The van der Waals surface area contributed by atoms with Gasteiger partial charge in [-0.1, -0.05) is 12.5 Å². The third kappa shape index (κ3) is 5.17. The fourth-order valence-corrected chi connectivity index (χ4v) is 5.93. The molecule has 0 unspecified atom stereocenters. The van der Waals surface area contributed by atoms with Gasteiger partial charge in [0.25, 0.3) is 0 Å². The number of sulfonamides is 1. The lowest BCUT2D eigenvalue weighted by molar-refractivity contribution is -0.128. The van der Waals surface area contributed by atoms with E-state index < -0.39 is 15.9 Å². The summed E-state index contributed by atoms with van der Waals surface area (Å²) in [5.74, 6) is -0.719. The van der Waals surface area contributed by atoms with Crippen LogP contribution in [0.1, 0.15) is 31.4 Å². The van der Waals surface area contributed by atoms with Crippen LogP contribution in [0.25, 0.3) is 0 Å². The Labute approximate surface area is 193 Å². The lowest BCUT2D eigenvalue weighted by Crippen LogP contribution is -2.35. The minimum Gasteiger partial charge on any atom is -0.495 e. The summed E-state index contributed by atoms with van der Waals surface area (Å²) < 4.78 is 33.1. The second-order valence-electron chi connectivity index (χ2n) is 8.32. The number of carbonyl (C=O) groups excluding carboxylic acids is 2. The average molecular weight is 473 g/mol. The van der Waals surface area contributed by atoms with Gasteiger partial charge in [-0.2, -0.15) is 4.31 Å². The minimum atomic E-state index is -3.75. The summed E-state index contributed by atoms with van der Waals surface area (Å²) in [5.41, 5.74) is 1.11. The van der Waals surface area contributed by atoms with E-state index in [1.165, 1.54) is 17.5 Å². The van der Waals surface area contributed by atoms with Gasteiger partial charge in [0.05, 0.1) is 25.3 Å². The molecular weight excluding hydrogens is 444 g/mol. The number of nitrogens with one attached hydrogen (secondary N) is 1. The standard InChI is InChI=1S/C23H28N4O5S/c1-32-20-9-8-18(14-21(20)33(30,31)27-11-5-2-6-12-27)25-23(29)17-13-22(28)26(15-17)16-19-7-3-4-10-24-19/h3-4,7-10,14,17H,2,5-6,11-13,15-16H2,1H3,(H,25,29)/t17-/m0/s1. The van der Waals surface area contributed by atoms with Crippen LogP contribution in [0, 0.1) is 5.92 Å². The van der Waals surface area contributed by atoms with Crippen LogP contribution in [0.15, 0.2) is 47.5 Å². The van der Waals surface area contributed by atoms with Crippen molar-refractivity contribution in [1.29, 1.82) is 0 Å². The molecule has 4 rings (SSSR count). The quantitative estimate of drug-likeness (QED) is 0.662. The van der Waals surface area contributed by atoms with Crippen molar-refractivity contribution in [3.63, 3.8) is 0 Å². The van der Waals surface area contributed by atoms with Crippen LogP contribution in [0.5, 0.6) is 5.75 Å². The maximum absolute atomic E-state index is 13.2. The van der Waals surface area contributed by atoms with E-state index >= 15 is 0 Å². The largest absolute Gasteiger partial charge is 0.495 e. The summed E-state index contributed by atoms with van der Waals surface area (Å²) in [4.78, 5) is 31.2. The Morgan fingerprint density at radius 3 is 2.67 bits per heavy atom. The number of methoxy groups -OCH3 is 1. The normalized spacial score (nSPS) is 19.5. The zero-order chi connectivity index (χ0) is 23.4. The van der Waals surface area contributed by atoms with Crippen molar-refractivity contribution in [3.05, 3.63) is 48.3 Å². The second-order valence-corrected chi connectivity index (χ2v) is 10.2. The molecule has 2 saturated heterocycles. The molecule has 0 saturated carbocycles. The molecular formula is C23H28N4O5S. The number of piperidine rings is 1. The lowest BCUT2D eigenvalue weighted by atomic mass is 10.1. The zero-order valence-corrected chi connectivity index (χ0v) is 19.4. The number of benzene rings is 1. The minimum absolute atomic E-state index is 0.0315. The van der Waals surface area contributed by atoms with Gasteiger partial charge >= 0.3 is 0 Å². The third-order valence-corrected chi connectivity index (χ3v) is 7.95. The Kier molecular flexibility index (Phi) is 6.94. The van der Waals surface area contributed by atoms with E-state index in [4.69, 9.17) is 4.74 Å². The van der Waals surface area contributed by atoms with Crippen molar-refractivity contribution in [3.8, 4) is 5.75 Å². The molecule has 33 heavy (non-hydrogen) atoms. The molecule has 0 radical (unpaired) electrons. The molecule has 0 aliphatic carbocycles. The predicted octanol–water partition coefficient (Wildman–Crippen LogP) is 2.25. The van der Waals surface area contributed by atoms with Crippen molar-refractivity contribution < 1.29 is 22.7 Å². The number of hydrogen-bond donors (Lipinski definition) is 1. The van der Waals surface area contributed by atoms with Crippen LogP contribution in [-0.4, -0.2) is 61.2 Å². The van der Waals surface area contributed by atoms with Gasteiger partial charge in [0.1, 0.15) is 10.6 Å². The topological polar surface area (TPSA) is 109 Å². The van der Waals surface area contributed by atoms with E-state index in [9.17, 15) is 18.0 Å². The summed E-state index contributed by atoms with van der Waals surface area (Å²) in [5, 5.41) is 2.78. The number of nitrogens with zero attached hydrogens (tertiary/aromatic N) is 3. The van der Waals surface area contributed by atoms with Gasteiger partial charge in [0.15, 0.2) is 0 Å². The van der Waals surface area contributed by atoms with Crippen LogP contribution in [0.4, 0.5) is 5.69 Å². The van der Waals surface area contributed by atoms with E-state index in [0.29, 0.717) is 25.3 Å². The van der Waals surface area contributed by atoms with Gasteiger partial charge in [-0.3, -0.25) is 14.6 Å². The predicted molar refractivity (Wildman–Crippen MR) is 122 cm³/mol. The summed E-state index contributed by atoms with van der Waals surface area (Å²) in [6, 6.07) is 10.1. The molecule has 1 aromatic heterocycles. The molecule has 2 aliphatic rings. The van der Waals surface area contributed by atoms with Crippen molar-refractivity contribution >= 4 is 27.5 Å². The molecule has 1 N–H and O–H groups in total. The molecule has 10 heteroatoms. The van der Waals surface area contributed by atoms with Gasteiger partial charge in [0, 0.05) is 37.9 Å². The summed E-state index contributed by atoms with van der Waals surface area (Å²) in [7, 11) is -2.33. The number of rotatable bonds is 7. The molecule has 2 fully saturated rings. The molecule has 0 bridgehead atoms.